The molecule has 1 aromatic heterocycles. The smallest absolute Gasteiger partial charge is 0.319 e. The molecule has 1 unspecified atom stereocenters. The zero-order valence-corrected chi connectivity index (χ0v) is 15.2. The summed E-state index contributed by atoms with van der Waals surface area (Å²) in [5.41, 5.74) is 0. The monoisotopic (exact) mass is 383 g/mol. The van der Waals surface area contributed by atoms with Gasteiger partial charge in [0.15, 0.2) is 0 Å². The highest BCUT2D eigenvalue weighted by atomic mass is 35.5. The Bertz CT molecular complexity index is 847. The van der Waals surface area contributed by atoms with E-state index in [4.69, 9.17) is 21.1 Å². The SMILES string of the molecule is COc1nccc(OC2CCCN(S(=O)(=O)c3cccc(Cl)c3)C2)n1. The topological polar surface area (TPSA) is 81.6 Å². The molecule has 0 bridgehead atoms. The van der Waals surface area contributed by atoms with Crippen molar-refractivity contribution in [1.29, 1.82) is 0 Å². The van der Waals surface area contributed by atoms with Crippen LogP contribution in [-0.2, 0) is 10.0 Å². The molecule has 25 heavy (non-hydrogen) atoms. The van der Waals surface area contributed by atoms with E-state index in [-0.39, 0.29) is 23.6 Å². The fourth-order valence-electron chi connectivity index (χ4n) is 2.66. The van der Waals surface area contributed by atoms with E-state index in [1.54, 1.807) is 24.3 Å². The zero-order valence-electron chi connectivity index (χ0n) is 13.6. The first-order valence-corrected chi connectivity index (χ1v) is 9.60. The lowest BCUT2D eigenvalue weighted by Crippen LogP contribution is -2.44. The van der Waals surface area contributed by atoms with E-state index in [2.05, 4.69) is 9.97 Å². The van der Waals surface area contributed by atoms with Crippen LogP contribution in [0, 0.1) is 0 Å². The van der Waals surface area contributed by atoms with Crippen LogP contribution in [0.1, 0.15) is 12.8 Å². The van der Waals surface area contributed by atoms with Crippen LogP contribution in [0.3, 0.4) is 0 Å². The van der Waals surface area contributed by atoms with Gasteiger partial charge in [-0.25, -0.2) is 13.4 Å². The van der Waals surface area contributed by atoms with Gasteiger partial charge in [-0.3, -0.25) is 0 Å². The van der Waals surface area contributed by atoms with Crippen LogP contribution in [0.2, 0.25) is 5.02 Å². The molecule has 0 spiro atoms. The van der Waals surface area contributed by atoms with E-state index in [9.17, 15) is 8.42 Å². The van der Waals surface area contributed by atoms with Crippen LogP contribution in [0.25, 0.3) is 0 Å². The zero-order chi connectivity index (χ0) is 17.9. The Balaban J connectivity index is 1.74. The minimum absolute atomic E-state index is 0.185. The quantitative estimate of drug-likeness (QED) is 0.788. The van der Waals surface area contributed by atoms with Gasteiger partial charge in [0.1, 0.15) is 6.10 Å². The first-order chi connectivity index (χ1) is 12.0. The second-order valence-electron chi connectivity index (χ2n) is 5.58. The normalized spacial score (nSPS) is 18.7. The molecule has 9 heteroatoms. The minimum Gasteiger partial charge on any atom is -0.473 e. The van der Waals surface area contributed by atoms with Gasteiger partial charge < -0.3 is 9.47 Å². The van der Waals surface area contributed by atoms with Gasteiger partial charge in [-0.15, -0.1) is 0 Å². The summed E-state index contributed by atoms with van der Waals surface area (Å²) in [5.74, 6) is 0.360. The highest BCUT2D eigenvalue weighted by Crippen LogP contribution is 2.25. The second-order valence-corrected chi connectivity index (χ2v) is 7.96. The average Bonchev–Trinajstić information content (AvgIpc) is 2.62. The standard InChI is InChI=1S/C16H18ClN3O4S/c1-23-16-18-8-7-15(19-16)24-13-5-3-9-20(11-13)25(21,22)14-6-2-4-12(17)10-14/h2,4,6-8,10,13H,3,5,9,11H2,1H3. The van der Waals surface area contributed by atoms with Crippen molar-refractivity contribution >= 4 is 21.6 Å². The van der Waals surface area contributed by atoms with Crippen molar-refractivity contribution in [3.8, 4) is 11.9 Å². The van der Waals surface area contributed by atoms with Crippen molar-refractivity contribution in [1.82, 2.24) is 14.3 Å². The number of nitrogens with zero attached hydrogens (tertiary/aromatic N) is 3. The highest BCUT2D eigenvalue weighted by Gasteiger charge is 2.31. The predicted octanol–water partition coefficient (Wildman–Crippen LogP) is 2.37. The van der Waals surface area contributed by atoms with E-state index >= 15 is 0 Å². The number of sulfonamides is 1. The van der Waals surface area contributed by atoms with Crippen molar-refractivity contribution in [2.75, 3.05) is 20.2 Å². The van der Waals surface area contributed by atoms with Crippen molar-refractivity contribution in [3.05, 3.63) is 41.6 Å². The molecule has 1 aliphatic heterocycles. The number of methoxy groups -OCH3 is 1. The van der Waals surface area contributed by atoms with Crippen LogP contribution in [0.15, 0.2) is 41.4 Å². The summed E-state index contributed by atoms with van der Waals surface area (Å²) in [6, 6.07) is 8.09. The lowest BCUT2D eigenvalue weighted by molar-refractivity contribution is 0.123. The highest BCUT2D eigenvalue weighted by molar-refractivity contribution is 7.89. The summed E-state index contributed by atoms with van der Waals surface area (Å²) in [7, 11) is -2.14. The summed E-state index contributed by atoms with van der Waals surface area (Å²) in [4.78, 5) is 8.21. The molecule has 134 valence electrons. The summed E-state index contributed by atoms with van der Waals surface area (Å²) < 4.78 is 37.8. The number of halogens is 1. The lowest BCUT2D eigenvalue weighted by atomic mass is 10.1. The first kappa shape index (κ1) is 17.9. The maximum Gasteiger partial charge on any atom is 0.319 e. The van der Waals surface area contributed by atoms with Crippen molar-refractivity contribution < 1.29 is 17.9 Å². The molecule has 1 aromatic carbocycles. The molecule has 1 aliphatic rings. The maximum atomic E-state index is 12.8. The van der Waals surface area contributed by atoms with Gasteiger partial charge in [0.25, 0.3) is 0 Å². The molecule has 0 radical (unpaired) electrons. The lowest BCUT2D eigenvalue weighted by Gasteiger charge is -2.31. The first-order valence-electron chi connectivity index (χ1n) is 7.78. The Morgan fingerprint density at radius 3 is 2.92 bits per heavy atom. The molecule has 1 atom stereocenters. The van der Waals surface area contributed by atoms with Crippen LogP contribution in [-0.4, -0.2) is 49.0 Å². The Hall–Kier alpha value is -1.90. The number of rotatable bonds is 5. The number of ether oxygens (including phenoxy) is 2. The third-order valence-corrected chi connectivity index (χ3v) is 5.95. The van der Waals surface area contributed by atoms with Crippen molar-refractivity contribution in [2.45, 2.75) is 23.8 Å². The van der Waals surface area contributed by atoms with Gasteiger partial charge >= 0.3 is 6.01 Å². The van der Waals surface area contributed by atoms with E-state index in [0.717, 1.165) is 6.42 Å². The molecule has 2 aromatic rings. The Kier molecular flexibility index (Phi) is 5.41. The molecule has 0 amide bonds. The number of hydrogen-bond donors (Lipinski definition) is 0. The Morgan fingerprint density at radius 2 is 2.16 bits per heavy atom. The third-order valence-electron chi connectivity index (χ3n) is 3.85. The second kappa shape index (κ2) is 7.55. The molecule has 3 rings (SSSR count). The van der Waals surface area contributed by atoms with Crippen LogP contribution >= 0.6 is 11.6 Å². The number of piperidine rings is 1. The largest absolute Gasteiger partial charge is 0.473 e. The molecule has 0 N–H and O–H groups in total. The van der Waals surface area contributed by atoms with Gasteiger partial charge in [0.05, 0.1) is 18.6 Å². The van der Waals surface area contributed by atoms with E-state index in [0.29, 0.717) is 23.9 Å². The molecule has 1 saturated heterocycles. The average molecular weight is 384 g/mol. The molecule has 1 fully saturated rings. The molecule has 2 heterocycles. The number of hydrogen-bond acceptors (Lipinski definition) is 6. The van der Waals surface area contributed by atoms with Crippen molar-refractivity contribution in [3.63, 3.8) is 0 Å². The van der Waals surface area contributed by atoms with E-state index in [1.807, 2.05) is 0 Å². The van der Waals surface area contributed by atoms with Crippen LogP contribution < -0.4 is 9.47 Å². The number of benzene rings is 1. The molecular formula is C16H18ClN3O4S. The summed E-state index contributed by atoms with van der Waals surface area (Å²) >= 11 is 5.92. The Labute approximate surface area is 151 Å². The van der Waals surface area contributed by atoms with E-state index < -0.39 is 10.0 Å². The Morgan fingerprint density at radius 1 is 1.32 bits per heavy atom. The van der Waals surface area contributed by atoms with Gasteiger partial charge in [-0.05, 0) is 31.0 Å². The molecule has 0 saturated carbocycles. The summed E-state index contributed by atoms with van der Waals surface area (Å²) in [6.45, 7) is 0.697. The number of aromatic nitrogens is 2. The maximum absolute atomic E-state index is 12.8. The predicted molar refractivity (Wildman–Crippen MR) is 92.4 cm³/mol. The summed E-state index contributed by atoms with van der Waals surface area (Å²) in [5, 5.41) is 0.388. The third kappa shape index (κ3) is 4.20. The van der Waals surface area contributed by atoms with Gasteiger partial charge in [-0.2, -0.15) is 9.29 Å². The van der Waals surface area contributed by atoms with Gasteiger partial charge in [-0.1, -0.05) is 17.7 Å². The van der Waals surface area contributed by atoms with Gasteiger partial charge in [0, 0.05) is 23.8 Å². The molecule has 0 aliphatic carbocycles. The fourth-order valence-corrected chi connectivity index (χ4v) is 4.47. The van der Waals surface area contributed by atoms with E-state index in [1.165, 1.54) is 23.7 Å². The molecule has 7 nitrogen and oxygen atoms in total. The van der Waals surface area contributed by atoms with Gasteiger partial charge in [0.2, 0.25) is 15.9 Å². The van der Waals surface area contributed by atoms with Crippen molar-refractivity contribution in [2.24, 2.45) is 0 Å². The molecular weight excluding hydrogens is 366 g/mol. The van der Waals surface area contributed by atoms with Crippen LogP contribution in [0.4, 0.5) is 0 Å². The van der Waals surface area contributed by atoms with Crippen LogP contribution in [0.5, 0.6) is 11.9 Å². The summed E-state index contributed by atoms with van der Waals surface area (Å²) in [6.07, 6.45) is 2.69. The fraction of sp³-hybridized carbons (Fsp3) is 0.375. The minimum atomic E-state index is -3.61.